The molecule has 1 N–H and O–H groups in total. The summed E-state index contributed by atoms with van der Waals surface area (Å²) in [5.41, 5.74) is 2.07. The van der Waals surface area contributed by atoms with E-state index in [-0.39, 0.29) is 17.9 Å². The van der Waals surface area contributed by atoms with E-state index in [1.807, 2.05) is 6.07 Å². The van der Waals surface area contributed by atoms with E-state index in [0.717, 1.165) is 32.1 Å². The first kappa shape index (κ1) is 19.0. The van der Waals surface area contributed by atoms with Crippen LogP contribution in [-0.2, 0) is 12.0 Å². The van der Waals surface area contributed by atoms with Crippen LogP contribution in [0.5, 0.6) is 0 Å². The van der Waals surface area contributed by atoms with Gasteiger partial charge >= 0.3 is 0 Å². The Kier molecular flexibility index (Phi) is 6.08. The van der Waals surface area contributed by atoms with Gasteiger partial charge in [0.2, 0.25) is 0 Å². The van der Waals surface area contributed by atoms with Crippen LogP contribution in [0.4, 0.5) is 0 Å². The first-order chi connectivity index (χ1) is 11.0. The second-order valence-corrected chi connectivity index (χ2v) is 7.18. The van der Waals surface area contributed by atoms with Crippen molar-refractivity contribution in [3.05, 3.63) is 71.8 Å². The molecule has 130 valence electrons. The van der Waals surface area contributed by atoms with Crippen molar-refractivity contribution in [1.29, 1.82) is 0 Å². The van der Waals surface area contributed by atoms with Gasteiger partial charge in [0, 0.05) is 12.0 Å². The molecule has 1 saturated carbocycles. The molecule has 0 radical (unpaired) electrons. The number of nitrogens with zero attached hydrogens (tertiary/aromatic N) is 1. The maximum atomic E-state index is 11.1. The molecule has 2 nitrogen and oxygen atoms in total. The second-order valence-electron chi connectivity index (χ2n) is 7.18. The lowest BCUT2D eigenvalue weighted by molar-refractivity contribution is -0.0458. The first-order valence-corrected chi connectivity index (χ1v) is 8.53. The van der Waals surface area contributed by atoms with E-state index in [9.17, 15) is 5.11 Å². The van der Waals surface area contributed by atoms with Gasteiger partial charge in [0.05, 0.1) is 5.60 Å². The Hall–Kier alpha value is -1.35. The minimum atomic E-state index is -0.574. The minimum Gasteiger partial charge on any atom is -0.390 e. The van der Waals surface area contributed by atoms with Crippen molar-refractivity contribution in [3.8, 4) is 0 Å². The Morgan fingerprint density at radius 1 is 0.833 bits per heavy atom. The fourth-order valence-electron chi connectivity index (χ4n) is 4.02. The third-order valence-corrected chi connectivity index (χ3v) is 5.55. The third kappa shape index (κ3) is 3.83. The molecule has 1 aliphatic carbocycles. The monoisotopic (exact) mass is 345 g/mol. The summed E-state index contributed by atoms with van der Waals surface area (Å²) in [5, 5.41) is 11.1. The number of rotatable bonds is 4. The van der Waals surface area contributed by atoms with Gasteiger partial charge in [0.25, 0.3) is 0 Å². The van der Waals surface area contributed by atoms with Crippen LogP contribution in [0.3, 0.4) is 0 Å². The summed E-state index contributed by atoms with van der Waals surface area (Å²) in [4.78, 5) is 2.34. The van der Waals surface area contributed by atoms with Crippen molar-refractivity contribution < 1.29 is 5.11 Å². The largest absolute Gasteiger partial charge is 0.390 e. The molecule has 0 aliphatic heterocycles. The molecule has 1 fully saturated rings. The maximum Gasteiger partial charge on any atom is 0.0689 e. The Labute approximate surface area is 151 Å². The number of hydrogen-bond donors (Lipinski definition) is 1. The van der Waals surface area contributed by atoms with Crippen LogP contribution < -0.4 is 0 Å². The van der Waals surface area contributed by atoms with E-state index in [1.165, 1.54) is 11.1 Å². The van der Waals surface area contributed by atoms with Gasteiger partial charge < -0.3 is 5.11 Å². The van der Waals surface area contributed by atoms with E-state index < -0.39 is 5.60 Å². The van der Waals surface area contributed by atoms with Gasteiger partial charge in [-0.05, 0) is 50.9 Å². The van der Waals surface area contributed by atoms with Crippen LogP contribution in [0.1, 0.15) is 36.8 Å². The molecular formula is C21H28ClNO. The van der Waals surface area contributed by atoms with Gasteiger partial charge in [-0.3, -0.25) is 4.90 Å². The number of halogens is 1. The van der Waals surface area contributed by atoms with Crippen molar-refractivity contribution in [2.75, 3.05) is 14.1 Å². The highest BCUT2D eigenvalue weighted by atomic mass is 35.5. The highest BCUT2D eigenvalue weighted by Crippen LogP contribution is 2.45. The minimum absolute atomic E-state index is 0. The van der Waals surface area contributed by atoms with Crippen molar-refractivity contribution in [3.63, 3.8) is 0 Å². The lowest BCUT2D eigenvalue weighted by Gasteiger charge is -2.48. The Balaban J connectivity index is 0.00000208. The summed E-state index contributed by atoms with van der Waals surface area (Å²) < 4.78 is 0. The fourth-order valence-corrected chi connectivity index (χ4v) is 4.02. The van der Waals surface area contributed by atoms with Crippen molar-refractivity contribution >= 4 is 12.4 Å². The molecule has 3 heteroatoms. The van der Waals surface area contributed by atoms with Gasteiger partial charge in [-0.1, -0.05) is 60.7 Å². The van der Waals surface area contributed by atoms with Gasteiger partial charge in [-0.25, -0.2) is 0 Å². The Bertz CT molecular complexity index is 619. The van der Waals surface area contributed by atoms with Crippen LogP contribution in [0.2, 0.25) is 0 Å². The van der Waals surface area contributed by atoms with Gasteiger partial charge in [-0.2, -0.15) is 0 Å². The third-order valence-electron chi connectivity index (χ3n) is 5.55. The molecular weight excluding hydrogens is 318 g/mol. The van der Waals surface area contributed by atoms with Crippen LogP contribution in [0, 0.1) is 0 Å². The quantitative estimate of drug-likeness (QED) is 0.887. The van der Waals surface area contributed by atoms with E-state index in [0.29, 0.717) is 0 Å². The molecule has 0 bridgehead atoms. The molecule has 2 aromatic carbocycles. The number of aliphatic hydroxyl groups is 1. The molecule has 0 aromatic heterocycles. The van der Waals surface area contributed by atoms with Crippen molar-refractivity contribution in [1.82, 2.24) is 4.90 Å². The number of benzene rings is 2. The summed E-state index contributed by atoms with van der Waals surface area (Å²) in [6.45, 7) is 0. The van der Waals surface area contributed by atoms with Gasteiger partial charge in [-0.15, -0.1) is 12.4 Å². The lowest BCUT2D eigenvalue weighted by Crippen LogP contribution is -2.49. The molecule has 0 atom stereocenters. The Morgan fingerprint density at radius 2 is 1.33 bits per heavy atom. The Morgan fingerprint density at radius 3 is 1.83 bits per heavy atom. The molecule has 3 rings (SSSR count). The zero-order chi connectivity index (χ0) is 16.3. The van der Waals surface area contributed by atoms with E-state index in [4.69, 9.17) is 0 Å². The molecule has 2 aromatic rings. The zero-order valence-electron chi connectivity index (χ0n) is 14.6. The molecule has 0 saturated heterocycles. The standard InChI is InChI=1S/C21H27NO.ClH/c1-22(2)21(19-11-7-4-8-12-19)15-13-20(23,14-16-21)17-18-9-5-3-6-10-18;/h3-12,23H,13-17H2,1-2H3;1H. The normalized spacial score (nSPS) is 26.8. The predicted octanol–water partition coefficient (Wildman–Crippen LogP) is 4.41. The highest BCUT2D eigenvalue weighted by molar-refractivity contribution is 5.85. The van der Waals surface area contributed by atoms with Gasteiger partial charge in [0.1, 0.15) is 0 Å². The summed E-state index contributed by atoms with van der Waals surface area (Å²) in [6, 6.07) is 21.1. The average Bonchev–Trinajstić information content (AvgIpc) is 2.57. The van der Waals surface area contributed by atoms with Crippen LogP contribution in [0.15, 0.2) is 60.7 Å². The SMILES string of the molecule is CN(C)C1(c2ccccc2)CCC(O)(Cc2ccccc2)CC1.Cl. The topological polar surface area (TPSA) is 23.5 Å². The van der Waals surface area contributed by atoms with E-state index in [1.54, 1.807) is 0 Å². The molecule has 0 amide bonds. The molecule has 0 spiro atoms. The van der Waals surface area contributed by atoms with Crippen LogP contribution in [0.25, 0.3) is 0 Å². The van der Waals surface area contributed by atoms with Crippen LogP contribution in [-0.4, -0.2) is 29.7 Å². The number of hydrogen-bond acceptors (Lipinski definition) is 2. The van der Waals surface area contributed by atoms with Crippen molar-refractivity contribution in [2.24, 2.45) is 0 Å². The highest BCUT2D eigenvalue weighted by Gasteiger charge is 2.43. The summed E-state index contributed by atoms with van der Waals surface area (Å²) in [6.07, 6.45) is 4.43. The van der Waals surface area contributed by atoms with E-state index in [2.05, 4.69) is 73.6 Å². The van der Waals surface area contributed by atoms with E-state index >= 15 is 0 Å². The summed E-state index contributed by atoms with van der Waals surface area (Å²) in [5.74, 6) is 0. The van der Waals surface area contributed by atoms with Crippen molar-refractivity contribution in [2.45, 2.75) is 43.2 Å². The molecule has 0 heterocycles. The molecule has 0 unspecified atom stereocenters. The van der Waals surface area contributed by atoms with Crippen LogP contribution >= 0.6 is 12.4 Å². The van der Waals surface area contributed by atoms with Gasteiger partial charge in [0.15, 0.2) is 0 Å². The first-order valence-electron chi connectivity index (χ1n) is 8.53. The summed E-state index contributed by atoms with van der Waals surface area (Å²) in [7, 11) is 4.32. The molecule has 1 aliphatic rings. The summed E-state index contributed by atoms with van der Waals surface area (Å²) >= 11 is 0. The lowest BCUT2D eigenvalue weighted by atomic mass is 9.68. The fraction of sp³-hybridized carbons (Fsp3) is 0.429. The molecule has 24 heavy (non-hydrogen) atoms. The smallest absolute Gasteiger partial charge is 0.0689 e. The predicted molar refractivity (Wildman–Crippen MR) is 103 cm³/mol. The average molecular weight is 346 g/mol. The zero-order valence-corrected chi connectivity index (χ0v) is 15.4. The maximum absolute atomic E-state index is 11.1. The second kappa shape index (κ2) is 7.69.